The van der Waals surface area contributed by atoms with Crippen LogP contribution < -0.4 is 14.8 Å². The third kappa shape index (κ3) is 4.50. The maximum Gasteiger partial charge on any atom is 0.324 e. The number of hydrogen-bond acceptors (Lipinski definition) is 7. The molecule has 1 aromatic heterocycles. The zero-order valence-electron chi connectivity index (χ0n) is 10.6. The van der Waals surface area contributed by atoms with Gasteiger partial charge in [-0.3, -0.25) is 0 Å². The van der Waals surface area contributed by atoms with Crippen LogP contribution in [0.4, 0.5) is 5.95 Å². The van der Waals surface area contributed by atoms with E-state index in [9.17, 15) is 0 Å². The van der Waals surface area contributed by atoms with Crippen molar-refractivity contribution in [1.29, 1.82) is 0 Å². The number of ether oxygens (including phenoxy) is 3. The van der Waals surface area contributed by atoms with Gasteiger partial charge in [0, 0.05) is 13.0 Å². The lowest BCUT2D eigenvalue weighted by Gasteiger charge is -2.16. The first-order valence-corrected chi connectivity index (χ1v) is 5.92. The molecule has 0 aliphatic rings. The van der Waals surface area contributed by atoms with Gasteiger partial charge in [-0.2, -0.15) is 9.97 Å². The van der Waals surface area contributed by atoms with Crippen molar-refractivity contribution in [1.82, 2.24) is 15.0 Å². The van der Waals surface area contributed by atoms with Gasteiger partial charge in [0.1, 0.15) is 0 Å². The molecule has 1 atom stereocenters. The van der Waals surface area contributed by atoms with Crippen molar-refractivity contribution in [2.45, 2.75) is 12.5 Å². The van der Waals surface area contributed by atoms with Gasteiger partial charge in [-0.1, -0.05) is 0 Å². The molecule has 0 bridgehead atoms. The average molecular weight is 277 g/mol. The number of hydrogen-bond donors (Lipinski definition) is 1. The highest BCUT2D eigenvalue weighted by Crippen LogP contribution is 2.13. The second-order valence-electron chi connectivity index (χ2n) is 3.41. The molecular formula is C10H17ClN4O3. The van der Waals surface area contributed by atoms with Crippen molar-refractivity contribution in [3.05, 3.63) is 0 Å². The molecule has 0 amide bonds. The Labute approximate surface area is 111 Å². The highest BCUT2D eigenvalue weighted by Gasteiger charge is 2.12. The lowest BCUT2D eigenvalue weighted by atomic mass is 10.2. The highest BCUT2D eigenvalue weighted by molar-refractivity contribution is 6.17. The first-order chi connectivity index (χ1) is 8.73. The quantitative estimate of drug-likeness (QED) is 0.708. The Morgan fingerprint density at radius 2 is 1.72 bits per heavy atom. The molecule has 0 spiro atoms. The van der Waals surface area contributed by atoms with Gasteiger partial charge in [0.05, 0.1) is 26.9 Å². The third-order valence-corrected chi connectivity index (χ3v) is 2.34. The summed E-state index contributed by atoms with van der Waals surface area (Å²) in [5.41, 5.74) is 0. The van der Waals surface area contributed by atoms with Crippen molar-refractivity contribution in [2.24, 2.45) is 0 Å². The van der Waals surface area contributed by atoms with Gasteiger partial charge in [-0.05, 0) is 6.42 Å². The summed E-state index contributed by atoms with van der Waals surface area (Å²) in [5.74, 6) is 0.881. The van der Waals surface area contributed by atoms with Crippen LogP contribution in [-0.4, -0.2) is 54.8 Å². The van der Waals surface area contributed by atoms with Crippen LogP contribution in [0.2, 0.25) is 0 Å². The molecule has 1 rings (SSSR count). The number of nitrogens with zero attached hydrogens (tertiary/aromatic N) is 3. The first-order valence-electron chi connectivity index (χ1n) is 5.39. The predicted molar refractivity (Wildman–Crippen MR) is 67.6 cm³/mol. The van der Waals surface area contributed by atoms with Gasteiger partial charge < -0.3 is 19.5 Å². The zero-order chi connectivity index (χ0) is 13.4. The Bertz CT molecular complexity index is 339. The molecule has 18 heavy (non-hydrogen) atoms. The number of alkyl halides is 1. The van der Waals surface area contributed by atoms with E-state index in [0.29, 0.717) is 18.4 Å². The average Bonchev–Trinajstić information content (AvgIpc) is 2.38. The van der Waals surface area contributed by atoms with Crippen molar-refractivity contribution in [2.75, 3.05) is 39.1 Å². The Balaban J connectivity index is 2.80. The molecule has 0 aliphatic carbocycles. The van der Waals surface area contributed by atoms with Crippen LogP contribution in [0.25, 0.3) is 0 Å². The van der Waals surface area contributed by atoms with E-state index < -0.39 is 0 Å². The maximum atomic E-state index is 5.72. The molecule has 0 saturated carbocycles. The lowest BCUT2D eigenvalue weighted by Crippen LogP contribution is -2.26. The van der Waals surface area contributed by atoms with E-state index in [-0.39, 0.29) is 18.1 Å². The molecule has 7 nitrogen and oxygen atoms in total. The largest absolute Gasteiger partial charge is 0.467 e. The number of nitrogens with one attached hydrogen (secondary N) is 1. The van der Waals surface area contributed by atoms with Crippen molar-refractivity contribution in [3.8, 4) is 12.0 Å². The fourth-order valence-corrected chi connectivity index (χ4v) is 1.56. The van der Waals surface area contributed by atoms with Crippen LogP contribution in [0.3, 0.4) is 0 Å². The molecule has 1 unspecified atom stereocenters. The van der Waals surface area contributed by atoms with E-state index in [1.165, 1.54) is 14.2 Å². The standard InChI is InChI=1S/C10H17ClN4O3/c1-16-6-7(4-5-11)12-8-13-9(17-2)15-10(14-8)18-3/h7H,4-6H2,1-3H3,(H,12,13,14,15). The normalized spacial score (nSPS) is 12.0. The predicted octanol–water partition coefficient (Wildman–Crippen LogP) is 0.945. The minimum atomic E-state index is 0.0179. The monoisotopic (exact) mass is 276 g/mol. The molecule has 0 radical (unpaired) electrons. The van der Waals surface area contributed by atoms with Gasteiger partial charge in [-0.25, -0.2) is 0 Å². The molecule has 1 N–H and O–H groups in total. The highest BCUT2D eigenvalue weighted by atomic mass is 35.5. The minimum absolute atomic E-state index is 0.0179. The van der Waals surface area contributed by atoms with E-state index in [4.69, 9.17) is 25.8 Å². The van der Waals surface area contributed by atoms with Crippen LogP contribution in [-0.2, 0) is 4.74 Å². The third-order valence-electron chi connectivity index (χ3n) is 2.12. The Kier molecular flexibility index (Phi) is 6.45. The Morgan fingerprint density at radius 1 is 1.11 bits per heavy atom. The molecular weight excluding hydrogens is 260 g/mol. The van der Waals surface area contributed by atoms with Crippen molar-refractivity contribution >= 4 is 17.5 Å². The van der Waals surface area contributed by atoms with Gasteiger partial charge in [0.25, 0.3) is 0 Å². The molecule has 102 valence electrons. The number of methoxy groups -OCH3 is 3. The van der Waals surface area contributed by atoms with E-state index in [2.05, 4.69) is 20.3 Å². The molecule has 0 fully saturated rings. The summed E-state index contributed by atoms with van der Waals surface area (Å²) in [6.07, 6.45) is 0.728. The van der Waals surface area contributed by atoms with Gasteiger partial charge >= 0.3 is 12.0 Å². The van der Waals surface area contributed by atoms with Crippen LogP contribution in [0, 0.1) is 0 Å². The van der Waals surface area contributed by atoms with E-state index in [1.807, 2.05) is 0 Å². The second-order valence-corrected chi connectivity index (χ2v) is 3.78. The van der Waals surface area contributed by atoms with Crippen LogP contribution in [0.5, 0.6) is 12.0 Å². The first kappa shape index (κ1) is 14.7. The van der Waals surface area contributed by atoms with Crippen molar-refractivity contribution in [3.63, 3.8) is 0 Å². The van der Waals surface area contributed by atoms with Crippen LogP contribution >= 0.6 is 11.6 Å². The smallest absolute Gasteiger partial charge is 0.324 e. The van der Waals surface area contributed by atoms with Gasteiger partial charge in [0.2, 0.25) is 5.95 Å². The second kappa shape index (κ2) is 7.88. The summed E-state index contributed by atoms with van der Waals surface area (Å²) in [6, 6.07) is 0.391. The molecule has 8 heteroatoms. The molecule has 0 aromatic carbocycles. The van der Waals surface area contributed by atoms with E-state index >= 15 is 0 Å². The fraction of sp³-hybridized carbons (Fsp3) is 0.700. The van der Waals surface area contributed by atoms with Gasteiger partial charge in [-0.15, -0.1) is 16.6 Å². The van der Waals surface area contributed by atoms with Crippen LogP contribution in [0.1, 0.15) is 6.42 Å². The Morgan fingerprint density at radius 3 is 2.17 bits per heavy atom. The van der Waals surface area contributed by atoms with E-state index in [1.54, 1.807) is 7.11 Å². The number of anilines is 1. The zero-order valence-corrected chi connectivity index (χ0v) is 11.4. The fourth-order valence-electron chi connectivity index (χ4n) is 1.30. The summed E-state index contributed by atoms with van der Waals surface area (Å²) in [4.78, 5) is 12.0. The van der Waals surface area contributed by atoms with Crippen LogP contribution in [0.15, 0.2) is 0 Å². The van der Waals surface area contributed by atoms with E-state index in [0.717, 1.165) is 6.42 Å². The summed E-state index contributed by atoms with van der Waals surface area (Å²) in [6.45, 7) is 0.503. The molecule has 0 saturated heterocycles. The topological polar surface area (TPSA) is 78.4 Å². The summed E-state index contributed by atoms with van der Waals surface area (Å²) in [7, 11) is 4.57. The number of aromatic nitrogens is 3. The Hall–Kier alpha value is -1.34. The summed E-state index contributed by atoms with van der Waals surface area (Å²) >= 11 is 5.72. The maximum absolute atomic E-state index is 5.72. The SMILES string of the molecule is COCC(CCCl)Nc1nc(OC)nc(OC)n1. The number of halogens is 1. The lowest BCUT2D eigenvalue weighted by molar-refractivity contribution is 0.184. The number of rotatable bonds is 8. The molecule has 1 aromatic rings. The molecule has 1 heterocycles. The minimum Gasteiger partial charge on any atom is -0.467 e. The summed E-state index contributed by atoms with van der Waals surface area (Å²) in [5, 5.41) is 3.10. The summed E-state index contributed by atoms with van der Waals surface area (Å²) < 4.78 is 15.0. The molecule has 0 aliphatic heterocycles. The van der Waals surface area contributed by atoms with Crippen molar-refractivity contribution < 1.29 is 14.2 Å². The van der Waals surface area contributed by atoms with Gasteiger partial charge in [0.15, 0.2) is 0 Å².